The minimum absolute atomic E-state index is 0.642. The van der Waals surface area contributed by atoms with E-state index in [1.54, 1.807) is 6.20 Å². The number of aliphatic imine (C=N–C) groups is 1. The summed E-state index contributed by atoms with van der Waals surface area (Å²) in [6.07, 6.45) is 3.56. The molecule has 0 saturated carbocycles. The van der Waals surface area contributed by atoms with Crippen LogP contribution in [-0.2, 0) is 16.4 Å². The zero-order chi connectivity index (χ0) is 13.5. The number of nitrogens with one attached hydrogen (secondary N) is 1. The van der Waals surface area contributed by atoms with Gasteiger partial charge in [0.1, 0.15) is 5.84 Å². The highest BCUT2D eigenvalue weighted by atomic mass is 32.2. The van der Waals surface area contributed by atoms with E-state index in [0.717, 1.165) is 35.4 Å². The number of amidine groups is 1. The van der Waals surface area contributed by atoms with Crippen molar-refractivity contribution in [3.8, 4) is 0 Å². The van der Waals surface area contributed by atoms with Gasteiger partial charge >= 0.3 is 0 Å². The van der Waals surface area contributed by atoms with Gasteiger partial charge in [-0.05, 0) is 11.6 Å². The summed E-state index contributed by atoms with van der Waals surface area (Å²) >= 11 is 0. The molecule has 0 saturated heterocycles. The Kier molecular flexibility index (Phi) is 2.82. The van der Waals surface area contributed by atoms with E-state index in [2.05, 4.69) is 10.3 Å². The fourth-order valence-electron chi connectivity index (χ4n) is 2.38. The molecule has 1 aromatic heterocycles. The third kappa shape index (κ3) is 2.23. The minimum atomic E-state index is -3.29. The highest BCUT2D eigenvalue weighted by Crippen LogP contribution is 2.23. The third-order valence-corrected chi connectivity index (χ3v) is 4.24. The van der Waals surface area contributed by atoms with Crippen molar-refractivity contribution < 1.29 is 8.42 Å². The monoisotopic (exact) mass is 277 g/mol. The number of rotatable bonds is 3. The van der Waals surface area contributed by atoms with Crippen LogP contribution in [0.15, 0.2) is 35.5 Å². The summed E-state index contributed by atoms with van der Waals surface area (Å²) < 4.78 is 25.0. The van der Waals surface area contributed by atoms with Gasteiger partial charge in [-0.3, -0.25) is 4.99 Å². The Morgan fingerprint density at radius 3 is 2.84 bits per heavy atom. The molecule has 0 fully saturated rings. The van der Waals surface area contributed by atoms with Crippen molar-refractivity contribution >= 4 is 26.8 Å². The summed E-state index contributed by atoms with van der Waals surface area (Å²) in [5, 5.41) is 4.17. The molecule has 1 aliphatic rings. The number of para-hydroxylation sites is 1. The first-order chi connectivity index (χ1) is 9.05. The van der Waals surface area contributed by atoms with E-state index >= 15 is 0 Å². The van der Waals surface area contributed by atoms with E-state index in [9.17, 15) is 8.42 Å². The van der Waals surface area contributed by atoms with Crippen molar-refractivity contribution in [1.29, 1.82) is 0 Å². The number of hydrogen-bond donors (Lipinski definition) is 1. The molecule has 1 aromatic carbocycles. The second kappa shape index (κ2) is 4.38. The summed E-state index contributed by atoms with van der Waals surface area (Å²) in [5.41, 5.74) is 1.70. The molecular weight excluding hydrogens is 262 g/mol. The quantitative estimate of drug-likeness (QED) is 0.910. The van der Waals surface area contributed by atoms with Crippen LogP contribution in [0.5, 0.6) is 0 Å². The Morgan fingerprint density at radius 2 is 2.16 bits per heavy atom. The Morgan fingerprint density at radius 1 is 1.37 bits per heavy atom. The Balaban J connectivity index is 2.14. The zero-order valence-corrected chi connectivity index (χ0v) is 11.4. The molecule has 19 heavy (non-hydrogen) atoms. The average Bonchev–Trinajstić information content (AvgIpc) is 2.97. The topological polar surface area (TPSA) is 63.5 Å². The first-order valence-electron chi connectivity index (χ1n) is 6.12. The van der Waals surface area contributed by atoms with Gasteiger partial charge < -0.3 is 5.32 Å². The van der Waals surface area contributed by atoms with Crippen LogP contribution in [0.1, 0.15) is 5.56 Å². The van der Waals surface area contributed by atoms with E-state index in [1.165, 1.54) is 10.2 Å². The predicted octanol–water partition coefficient (Wildman–Crippen LogP) is 0.993. The molecule has 2 heterocycles. The van der Waals surface area contributed by atoms with Crippen LogP contribution in [-0.4, -0.2) is 37.6 Å². The van der Waals surface area contributed by atoms with Crippen molar-refractivity contribution in [2.24, 2.45) is 4.99 Å². The summed E-state index contributed by atoms with van der Waals surface area (Å²) in [6.45, 7) is 1.65. The maximum absolute atomic E-state index is 11.8. The van der Waals surface area contributed by atoms with Gasteiger partial charge in [-0.15, -0.1) is 0 Å². The summed E-state index contributed by atoms with van der Waals surface area (Å²) in [6, 6.07) is 7.53. The van der Waals surface area contributed by atoms with Gasteiger partial charge in [-0.1, -0.05) is 18.2 Å². The lowest BCUT2D eigenvalue weighted by molar-refractivity contribution is 0.595. The Hall–Kier alpha value is -1.82. The molecule has 0 atom stereocenters. The third-order valence-electron chi connectivity index (χ3n) is 3.22. The molecule has 0 radical (unpaired) electrons. The zero-order valence-electron chi connectivity index (χ0n) is 10.6. The SMILES string of the molecule is CS(=O)(=O)n1cc(CC2=NCCN2)c2ccccc21. The fraction of sp³-hybridized carbons (Fsp3) is 0.308. The van der Waals surface area contributed by atoms with Gasteiger partial charge in [0.05, 0.1) is 18.3 Å². The highest BCUT2D eigenvalue weighted by Gasteiger charge is 2.16. The fourth-order valence-corrected chi connectivity index (χ4v) is 3.21. The van der Waals surface area contributed by atoms with Crippen LogP contribution in [0.2, 0.25) is 0 Å². The standard InChI is InChI=1S/C13H15N3O2S/c1-19(17,18)16-9-10(8-13-14-6-7-15-13)11-4-2-3-5-12(11)16/h2-5,9H,6-8H2,1H3,(H,14,15). The second-order valence-corrected chi connectivity index (χ2v) is 6.52. The molecule has 100 valence electrons. The molecule has 0 spiro atoms. The first kappa shape index (κ1) is 12.2. The molecule has 0 unspecified atom stereocenters. The molecule has 1 aliphatic heterocycles. The molecule has 1 N–H and O–H groups in total. The van der Waals surface area contributed by atoms with E-state index < -0.39 is 10.0 Å². The van der Waals surface area contributed by atoms with Crippen molar-refractivity contribution in [1.82, 2.24) is 9.29 Å². The molecule has 0 amide bonds. The molecule has 0 bridgehead atoms. The Bertz CT molecular complexity index is 759. The van der Waals surface area contributed by atoms with Crippen LogP contribution < -0.4 is 5.32 Å². The van der Waals surface area contributed by atoms with Crippen molar-refractivity contribution in [2.45, 2.75) is 6.42 Å². The first-order valence-corrected chi connectivity index (χ1v) is 7.97. The maximum Gasteiger partial charge on any atom is 0.236 e. The highest BCUT2D eigenvalue weighted by molar-refractivity contribution is 7.89. The van der Waals surface area contributed by atoms with E-state index in [0.29, 0.717) is 6.42 Å². The lowest BCUT2D eigenvalue weighted by Crippen LogP contribution is -2.20. The molecular formula is C13H15N3O2S. The minimum Gasteiger partial charge on any atom is -0.372 e. The Labute approximate surface area is 112 Å². The molecule has 2 aromatic rings. The van der Waals surface area contributed by atoms with Crippen molar-refractivity contribution in [3.63, 3.8) is 0 Å². The van der Waals surface area contributed by atoms with Gasteiger partial charge in [0, 0.05) is 24.5 Å². The smallest absolute Gasteiger partial charge is 0.236 e. The predicted molar refractivity (Wildman–Crippen MR) is 76.2 cm³/mol. The van der Waals surface area contributed by atoms with Gasteiger partial charge in [-0.25, -0.2) is 12.4 Å². The van der Waals surface area contributed by atoms with Crippen LogP contribution in [0.25, 0.3) is 10.9 Å². The van der Waals surface area contributed by atoms with Crippen LogP contribution in [0.3, 0.4) is 0 Å². The van der Waals surface area contributed by atoms with Gasteiger partial charge in [0.25, 0.3) is 0 Å². The maximum atomic E-state index is 11.8. The van der Waals surface area contributed by atoms with Gasteiger partial charge in [-0.2, -0.15) is 0 Å². The van der Waals surface area contributed by atoms with E-state index in [4.69, 9.17) is 0 Å². The van der Waals surface area contributed by atoms with Gasteiger partial charge in [0.2, 0.25) is 10.0 Å². The number of fused-ring (bicyclic) bond motifs is 1. The second-order valence-electron chi connectivity index (χ2n) is 4.66. The van der Waals surface area contributed by atoms with Crippen molar-refractivity contribution in [3.05, 3.63) is 36.0 Å². The van der Waals surface area contributed by atoms with E-state index in [1.807, 2.05) is 24.3 Å². The summed E-state index contributed by atoms with van der Waals surface area (Å²) in [5.74, 6) is 0.927. The number of hydrogen-bond acceptors (Lipinski definition) is 4. The molecule has 3 rings (SSSR count). The van der Waals surface area contributed by atoms with Gasteiger partial charge in [0.15, 0.2) is 0 Å². The normalized spacial score (nSPS) is 15.5. The van der Waals surface area contributed by atoms with Crippen LogP contribution in [0, 0.1) is 0 Å². The summed E-state index contributed by atoms with van der Waals surface area (Å²) in [4.78, 5) is 4.36. The van der Waals surface area contributed by atoms with Crippen LogP contribution >= 0.6 is 0 Å². The lowest BCUT2D eigenvalue weighted by Gasteiger charge is -2.00. The number of nitrogens with zero attached hydrogens (tertiary/aromatic N) is 2. The average molecular weight is 277 g/mol. The van der Waals surface area contributed by atoms with Crippen molar-refractivity contribution in [2.75, 3.05) is 19.3 Å². The number of benzene rings is 1. The molecule has 5 nitrogen and oxygen atoms in total. The number of aromatic nitrogens is 1. The summed E-state index contributed by atoms with van der Waals surface area (Å²) in [7, 11) is -3.29. The lowest BCUT2D eigenvalue weighted by atomic mass is 10.1. The molecule has 0 aliphatic carbocycles. The largest absolute Gasteiger partial charge is 0.372 e. The van der Waals surface area contributed by atoms with Crippen LogP contribution in [0.4, 0.5) is 0 Å². The van der Waals surface area contributed by atoms with E-state index in [-0.39, 0.29) is 0 Å². The molecule has 6 heteroatoms.